The lowest BCUT2D eigenvalue weighted by Gasteiger charge is -2.20. The number of nitrogens with zero attached hydrogens (tertiary/aromatic N) is 1. The standard InChI is InChI=1S/C26H34N4O3/c1-26(2,3)25(33)29-22-13-9-12-21(17-22)28-23(31)18-27-20-11-8-10-19(16-20)24(32)30-14-6-4-5-7-15-30/h8-13,16-17,27H,4-7,14-15,18H2,1-3H3,(H,28,31)(H,29,33). The van der Waals surface area contributed by atoms with Crippen LogP contribution in [0.25, 0.3) is 0 Å². The third kappa shape index (κ3) is 7.34. The molecule has 0 aliphatic carbocycles. The fourth-order valence-electron chi connectivity index (χ4n) is 3.60. The minimum atomic E-state index is -0.508. The number of likely N-dealkylation sites (tertiary alicyclic amines) is 1. The highest BCUT2D eigenvalue weighted by Gasteiger charge is 2.21. The van der Waals surface area contributed by atoms with Gasteiger partial charge in [0.05, 0.1) is 6.54 Å². The summed E-state index contributed by atoms with van der Waals surface area (Å²) in [5.41, 5.74) is 2.06. The van der Waals surface area contributed by atoms with Crippen molar-refractivity contribution in [1.29, 1.82) is 0 Å². The molecule has 3 N–H and O–H groups in total. The van der Waals surface area contributed by atoms with Crippen LogP contribution in [0.5, 0.6) is 0 Å². The van der Waals surface area contributed by atoms with Crippen molar-refractivity contribution in [1.82, 2.24) is 4.90 Å². The lowest BCUT2D eigenvalue weighted by Crippen LogP contribution is -2.31. The number of carbonyl (C=O) groups is 3. The van der Waals surface area contributed by atoms with Crippen LogP contribution in [-0.4, -0.2) is 42.3 Å². The molecule has 0 aromatic heterocycles. The van der Waals surface area contributed by atoms with Crippen LogP contribution in [0.15, 0.2) is 48.5 Å². The van der Waals surface area contributed by atoms with Gasteiger partial charge < -0.3 is 20.9 Å². The molecule has 7 nitrogen and oxygen atoms in total. The lowest BCUT2D eigenvalue weighted by molar-refractivity contribution is -0.123. The van der Waals surface area contributed by atoms with E-state index in [1.165, 1.54) is 12.8 Å². The predicted molar refractivity (Wildman–Crippen MR) is 132 cm³/mol. The summed E-state index contributed by atoms with van der Waals surface area (Å²) in [6.07, 6.45) is 4.44. The zero-order valence-corrected chi connectivity index (χ0v) is 19.7. The van der Waals surface area contributed by atoms with Crippen molar-refractivity contribution in [2.24, 2.45) is 5.41 Å². The first kappa shape index (κ1) is 24.3. The molecule has 0 saturated carbocycles. The Hall–Kier alpha value is -3.35. The number of nitrogens with one attached hydrogen (secondary N) is 3. The normalized spacial score (nSPS) is 14.2. The van der Waals surface area contributed by atoms with E-state index in [9.17, 15) is 14.4 Å². The summed E-state index contributed by atoms with van der Waals surface area (Å²) in [7, 11) is 0. The van der Waals surface area contributed by atoms with Gasteiger partial charge in [-0.2, -0.15) is 0 Å². The quantitative estimate of drug-likeness (QED) is 0.593. The molecule has 7 heteroatoms. The van der Waals surface area contributed by atoms with Gasteiger partial charge in [0.1, 0.15) is 0 Å². The molecule has 1 heterocycles. The Labute approximate surface area is 195 Å². The summed E-state index contributed by atoms with van der Waals surface area (Å²) in [6.45, 7) is 7.19. The second kappa shape index (κ2) is 11.0. The fraction of sp³-hybridized carbons (Fsp3) is 0.423. The molecule has 1 saturated heterocycles. The van der Waals surface area contributed by atoms with Gasteiger partial charge in [-0.3, -0.25) is 14.4 Å². The van der Waals surface area contributed by atoms with E-state index in [4.69, 9.17) is 0 Å². The minimum Gasteiger partial charge on any atom is -0.376 e. The second-order valence-corrected chi connectivity index (χ2v) is 9.47. The number of anilines is 3. The smallest absolute Gasteiger partial charge is 0.253 e. The average Bonchev–Trinajstić information content (AvgIpc) is 3.07. The molecule has 3 rings (SSSR count). The zero-order chi connectivity index (χ0) is 23.8. The van der Waals surface area contributed by atoms with E-state index in [0.717, 1.165) is 31.6 Å². The first-order chi connectivity index (χ1) is 15.7. The average molecular weight is 451 g/mol. The SMILES string of the molecule is CC(C)(C)C(=O)Nc1cccc(NC(=O)CNc2cccc(C(=O)N3CCCCCC3)c2)c1. The van der Waals surface area contributed by atoms with E-state index in [1.807, 2.05) is 43.9 Å². The van der Waals surface area contributed by atoms with Crippen molar-refractivity contribution in [2.45, 2.75) is 46.5 Å². The molecular formula is C26H34N4O3. The fourth-order valence-corrected chi connectivity index (χ4v) is 3.60. The second-order valence-electron chi connectivity index (χ2n) is 9.47. The Morgan fingerprint density at radius 2 is 1.42 bits per heavy atom. The maximum Gasteiger partial charge on any atom is 0.253 e. The van der Waals surface area contributed by atoms with Gasteiger partial charge in [-0.15, -0.1) is 0 Å². The van der Waals surface area contributed by atoms with Gasteiger partial charge in [-0.1, -0.05) is 45.7 Å². The molecule has 2 aromatic carbocycles. The van der Waals surface area contributed by atoms with E-state index in [-0.39, 0.29) is 24.3 Å². The van der Waals surface area contributed by atoms with Crippen molar-refractivity contribution >= 4 is 34.8 Å². The lowest BCUT2D eigenvalue weighted by atomic mass is 9.95. The van der Waals surface area contributed by atoms with Crippen molar-refractivity contribution in [2.75, 3.05) is 35.6 Å². The number of benzene rings is 2. The molecule has 0 unspecified atom stereocenters. The molecule has 33 heavy (non-hydrogen) atoms. The Balaban J connectivity index is 1.55. The van der Waals surface area contributed by atoms with Gasteiger partial charge in [-0.25, -0.2) is 0 Å². The Bertz CT molecular complexity index is 989. The third-order valence-corrected chi connectivity index (χ3v) is 5.54. The number of carbonyl (C=O) groups excluding carboxylic acids is 3. The van der Waals surface area contributed by atoms with E-state index >= 15 is 0 Å². The molecule has 1 fully saturated rings. The van der Waals surface area contributed by atoms with E-state index in [0.29, 0.717) is 16.9 Å². The van der Waals surface area contributed by atoms with Gasteiger partial charge in [0.2, 0.25) is 11.8 Å². The summed E-state index contributed by atoms with van der Waals surface area (Å²) < 4.78 is 0. The topological polar surface area (TPSA) is 90.5 Å². The summed E-state index contributed by atoms with van der Waals surface area (Å²) in [5, 5.41) is 8.78. The summed E-state index contributed by atoms with van der Waals surface area (Å²) in [6, 6.07) is 14.3. The van der Waals surface area contributed by atoms with Crippen LogP contribution in [-0.2, 0) is 9.59 Å². The molecule has 0 atom stereocenters. The van der Waals surface area contributed by atoms with Crippen LogP contribution in [0.1, 0.15) is 56.8 Å². The molecule has 176 valence electrons. The highest BCUT2D eigenvalue weighted by Crippen LogP contribution is 2.20. The number of amides is 3. The summed E-state index contributed by atoms with van der Waals surface area (Å²) in [5.74, 6) is -0.278. The minimum absolute atomic E-state index is 0.0409. The molecule has 0 spiro atoms. The molecule has 0 radical (unpaired) electrons. The maximum atomic E-state index is 12.8. The van der Waals surface area contributed by atoms with Gasteiger partial charge in [0.15, 0.2) is 0 Å². The number of rotatable bonds is 6. The summed E-state index contributed by atoms with van der Waals surface area (Å²) >= 11 is 0. The first-order valence-electron chi connectivity index (χ1n) is 11.6. The monoisotopic (exact) mass is 450 g/mol. The first-order valence-corrected chi connectivity index (χ1v) is 11.6. The van der Waals surface area contributed by atoms with Gasteiger partial charge in [0.25, 0.3) is 5.91 Å². The van der Waals surface area contributed by atoms with Gasteiger partial charge in [-0.05, 0) is 49.2 Å². The van der Waals surface area contributed by atoms with Crippen LogP contribution in [0.2, 0.25) is 0 Å². The van der Waals surface area contributed by atoms with Crippen LogP contribution >= 0.6 is 0 Å². The molecular weight excluding hydrogens is 416 g/mol. The highest BCUT2D eigenvalue weighted by molar-refractivity contribution is 5.98. The molecule has 3 amide bonds. The maximum absolute atomic E-state index is 12.8. The Morgan fingerprint density at radius 1 is 0.818 bits per heavy atom. The van der Waals surface area contributed by atoms with Crippen LogP contribution in [0.3, 0.4) is 0 Å². The van der Waals surface area contributed by atoms with Gasteiger partial charge >= 0.3 is 0 Å². The van der Waals surface area contributed by atoms with Gasteiger partial charge in [0, 0.05) is 41.1 Å². The van der Waals surface area contributed by atoms with E-state index in [2.05, 4.69) is 16.0 Å². The molecule has 2 aromatic rings. The molecule has 0 bridgehead atoms. The predicted octanol–water partition coefficient (Wildman–Crippen LogP) is 4.74. The number of hydrogen-bond donors (Lipinski definition) is 3. The van der Waals surface area contributed by atoms with Crippen LogP contribution < -0.4 is 16.0 Å². The third-order valence-electron chi connectivity index (χ3n) is 5.54. The number of hydrogen-bond acceptors (Lipinski definition) is 4. The Morgan fingerprint density at radius 3 is 2.09 bits per heavy atom. The van der Waals surface area contributed by atoms with E-state index < -0.39 is 5.41 Å². The summed E-state index contributed by atoms with van der Waals surface area (Å²) in [4.78, 5) is 39.4. The van der Waals surface area contributed by atoms with Crippen molar-refractivity contribution in [3.63, 3.8) is 0 Å². The van der Waals surface area contributed by atoms with Crippen molar-refractivity contribution < 1.29 is 14.4 Å². The highest BCUT2D eigenvalue weighted by atomic mass is 16.2. The van der Waals surface area contributed by atoms with E-state index in [1.54, 1.807) is 30.3 Å². The van der Waals surface area contributed by atoms with Crippen molar-refractivity contribution in [3.05, 3.63) is 54.1 Å². The van der Waals surface area contributed by atoms with Crippen molar-refractivity contribution in [3.8, 4) is 0 Å². The van der Waals surface area contributed by atoms with Crippen LogP contribution in [0, 0.1) is 5.41 Å². The Kier molecular flexibility index (Phi) is 8.09. The zero-order valence-electron chi connectivity index (χ0n) is 19.7. The molecule has 1 aliphatic rings. The van der Waals surface area contributed by atoms with Crippen LogP contribution in [0.4, 0.5) is 17.1 Å². The largest absolute Gasteiger partial charge is 0.376 e. The molecule has 1 aliphatic heterocycles.